The molecule has 1 aliphatic rings. The second-order valence-corrected chi connectivity index (χ2v) is 4.34. The normalized spacial score (nSPS) is 30.0. The molecule has 11 heavy (non-hydrogen) atoms. The Morgan fingerprint density at radius 1 is 1.64 bits per heavy atom. The van der Waals surface area contributed by atoms with E-state index >= 15 is 0 Å². The predicted octanol–water partition coefficient (Wildman–Crippen LogP) is 1.21. The molecule has 1 atom stereocenters. The van der Waals surface area contributed by atoms with E-state index in [0.717, 1.165) is 0 Å². The first-order chi connectivity index (χ1) is 5.04. The fraction of sp³-hybridized carbons (Fsp3) is 0.333. The van der Waals surface area contributed by atoms with Crippen molar-refractivity contribution in [2.24, 2.45) is 0 Å². The van der Waals surface area contributed by atoms with Gasteiger partial charge in [-0.2, -0.15) is 0 Å². The average molecular weight is 237 g/mol. The molecule has 0 saturated carbocycles. The van der Waals surface area contributed by atoms with Gasteiger partial charge in [0.2, 0.25) is 0 Å². The van der Waals surface area contributed by atoms with Crippen LogP contribution in [0.5, 0.6) is 0 Å². The minimum Gasteiger partial charge on any atom is -0.426 e. The van der Waals surface area contributed by atoms with Crippen LogP contribution in [0.2, 0.25) is 0 Å². The van der Waals surface area contributed by atoms with Gasteiger partial charge in [0.15, 0.2) is 0 Å². The maximum atomic E-state index is 8.91. The second kappa shape index (κ2) is 3.31. The zero-order chi connectivity index (χ0) is 8.48. The lowest BCUT2D eigenvalue weighted by Gasteiger charge is -2.23. The second-order valence-electron chi connectivity index (χ2n) is 2.43. The molecule has 0 spiro atoms. The van der Waals surface area contributed by atoms with Crippen LogP contribution in [0.3, 0.4) is 0 Å². The Morgan fingerprint density at radius 3 is 2.64 bits per heavy atom. The van der Waals surface area contributed by atoms with Crippen LogP contribution >= 0.6 is 27.5 Å². The Labute approximate surface area is 78.8 Å². The van der Waals surface area contributed by atoms with Gasteiger partial charge in [0.1, 0.15) is 0 Å². The van der Waals surface area contributed by atoms with E-state index in [4.69, 9.17) is 21.6 Å². The third kappa shape index (κ3) is 2.09. The minimum atomic E-state index is -1.40. The van der Waals surface area contributed by atoms with E-state index < -0.39 is 11.3 Å². The van der Waals surface area contributed by atoms with Crippen LogP contribution in [-0.2, 0) is 0 Å². The van der Waals surface area contributed by atoms with Gasteiger partial charge in [0, 0.05) is 5.03 Å². The van der Waals surface area contributed by atoms with Crippen LogP contribution in [0, 0.1) is 0 Å². The van der Waals surface area contributed by atoms with Crippen molar-refractivity contribution >= 4 is 34.6 Å². The summed E-state index contributed by atoms with van der Waals surface area (Å²) in [6, 6.07) is 0. The molecule has 60 valence electrons. The molecule has 1 unspecified atom stereocenters. The number of allylic oxidation sites excluding steroid dienone is 4. The first kappa shape index (κ1) is 9.32. The largest absolute Gasteiger partial charge is 0.473 e. The first-order valence-corrected chi connectivity index (χ1v) is 4.32. The summed E-state index contributed by atoms with van der Waals surface area (Å²) < 4.78 is -0.759. The molecule has 0 radical (unpaired) electrons. The van der Waals surface area contributed by atoms with Crippen molar-refractivity contribution in [1.29, 1.82) is 0 Å². The van der Waals surface area contributed by atoms with Crippen molar-refractivity contribution in [1.82, 2.24) is 0 Å². The fourth-order valence-corrected chi connectivity index (χ4v) is 1.23. The van der Waals surface area contributed by atoms with Crippen molar-refractivity contribution in [2.75, 3.05) is 0 Å². The standard InChI is InChI=1S/C6H7BBrClO2/c8-6(7(10)11)3-1-5(9)2-4-6/h1-3,10-11H,4H2. The van der Waals surface area contributed by atoms with Crippen LogP contribution in [0.25, 0.3) is 0 Å². The lowest BCUT2D eigenvalue weighted by Crippen LogP contribution is -2.39. The molecule has 0 saturated heterocycles. The topological polar surface area (TPSA) is 40.5 Å². The quantitative estimate of drug-likeness (QED) is 0.531. The molecule has 5 heteroatoms. The zero-order valence-corrected chi connectivity index (χ0v) is 8.01. The molecule has 0 heterocycles. The molecule has 0 fully saturated rings. The molecule has 0 aliphatic heterocycles. The Morgan fingerprint density at radius 2 is 2.27 bits per heavy atom. The molecule has 1 rings (SSSR count). The van der Waals surface area contributed by atoms with Crippen molar-refractivity contribution in [3.63, 3.8) is 0 Å². The molecule has 0 amide bonds. The van der Waals surface area contributed by atoms with Crippen molar-refractivity contribution < 1.29 is 10.0 Å². The molecule has 0 aromatic rings. The molecule has 2 N–H and O–H groups in total. The summed E-state index contributed by atoms with van der Waals surface area (Å²) in [4.78, 5) is 0. The maximum absolute atomic E-state index is 8.91. The summed E-state index contributed by atoms with van der Waals surface area (Å²) in [5, 5.41) is 18.4. The molecule has 0 bridgehead atoms. The summed E-state index contributed by atoms with van der Waals surface area (Å²) >= 11 is 8.84. The molecule has 0 aromatic heterocycles. The van der Waals surface area contributed by atoms with Gasteiger partial charge in [-0.15, -0.1) is 0 Å². The Balaban J connectivity index is 2.74. The van der Waals surface area contributed by atoms with Crippen LogP contribution in [0.1, 0.15) is 6.42 Å². The number of rotatable bonds is 1. The highest BCUT2D eigenvalue weighted by atomic mass is 79.9. The Bertz CT molecular complexity index is 217. The summed E-state index contributed by atoms with van der Waals surface area (Å²) in [5.41, 5.74) is 0. The highest BCUT2D eigenvalue weighted by Gasteiger charge is 2.37. The van der Waals surface area contributed by atoms with Gasteiger partial charge in [-0.25, -0.2) is 0 Å². The molecular weight excluding hydrogens is 230 g/mol. The van der Waals surface area contributed by atoms with Gasteiger partial charge < -0.3 is 10.0 Å². The van der Waals surface area contributed by atoms with Gasteiger partial charge in [-0.05, 0) is 12.5 Å². The van der Waals surface area contributed by atoms with Crippen molar-refractivity contribution in [3.05, 3.63) is 23.3 Å². The zero-order valence-electron chi connectivity index (χ0n) is 5.67. The molecular formula is C6H7BBrClO2. The van der Waals surface area contributed by atoms with E-state index in [9.17, 15) is 0 Å². The van der Waals surface area contributed by atoms with Gasteiger partial charge in [0.25, 0.3) is 0 Å². The monoisotopic (exact) mass is 236 g/mol. The van der Waals surface area contributed by atoms with Crippen LogP contribution in [0.4, 0.5) is 0 Å². The maximum Gasteiger partial charge on any atom is 0.473 e. The van der Waals surface area contributed by atoms with Crippen molar-refractivity contribution in [2.45, 2.75) is 10.6 Å². The SMILES string of the molecule is OB(O)C1(Br)C=CC(Cl)=CC1. The van der Waals surface area contributed by atoms with Crippen molar-refractivity contribution in [3.8, 4) is 0 Å². The van der Waals surface area contributed by atoms with Gasteiger partial charge >= 0.3 is 7.12 Å². The number of hydrogen-bond acceptors (Lipinski definition) is 2. The smallest absolute Gasteiger partial charge is 0.426 e. The summed E-state index contributed by atoms with van der Waals surface area (Å²) in [6.07, 6.45) is 5.50. The first-order valence-electron chi connectivity index (χ1n) is 3.14. The van der Waals surface area contributed by atoms with E-state index in [1.807, 2.05) is 0 Å². The molecule has 0 aromatic carbocycles. The number of alkyl halides is 1. The van der Waals surface area contributed by atoms with E-state index in [1.165, 1.54) is 0 Å². The molecule has 2 nitrogen and oxygen atoms in total. The highest BCUT2D eigenvalue weighted by molar-refractivity contribution is 9.10. The summed E-state index contributed by atoms with van der Waals surface area (Å²) in [5.74, 6) is 0. The lowest BCUT2D eigenvalue weighted by atomic mass is 9.69. The average Bonchev–Trinajstić information content (AvgIpc) is 1.95. The summed E-state index contributed by atoms with van der Waals surface area (Å²) in [7, 11) is -1.40. The number of halogens is 2. The predicted molar refractivity (Wildman–Crippen MR) is 49.5 cm³/mol. The lowest BCUT2D eigenvalue weighted by molar-refractivity contribution is 0.390. The Hall–Kier alpha value is 0.235. The van der Waals surface area contributed by atoms with E-state index in [2.05, 4.69) is 15.9 Å². The third-order valence-electron chi connectivity index (χ3n) is 1.56. The van der Waals surface area contributed by atoms with E-state index in [1.54, 1.807) is 18.2 Å². The fourth-order valence-electron chi connectivity index (χ4n) is 0.800. The van der Waals surface area contributed by atoms with E-state index in [0.29, 0.717) is 11.5 Å². The van der Waals surface area contributed by atoms with E-state index in [-0.39, 0.29) is 0 Å². The minimum absolute atomic E-state index is 0.486. The van der Waals surface area contributed by atoms with Gasteiger partial charge in [0.05, 0.1) is 4.22 Å². The summed E-state index contributed by atoms with van der Waals surface area (Å²) in [6.45, 7) is 0. The van der Waals surface area contributed by atoms with Crippen LogP contribution in [0.15, 0.2) is 23.3 Å². The molecule has 1 aliphatic carbocycles. The van der Waals surface area contributed by atoms with Gasteiger partial charge in [-0.1, -0.05) is 39.7 Å². The van der Waals surface area contributed by atoms with Gasteiger partial charge in [-0.3, -0.25) is 0 Å². The van der Waals surface area contributed by atoms with Crippen LogP contribution in [-0.4, -0.2) is 21.4 Å². The third-order valence-corrected chi connectivity index (χ3v) is 2.84. The highest BCUT2D eigenvalue weighted by Crippen LogP contribution is 2.31. The Kier molecular flexibility index (Phi) is 2.81. The number of hydrogen-bond donors (Lipinski definition) is 2. The van der Waals surface area contributed by atoms with Crippen LogP contribution < -0.4 is 0 Å².